The van der Waals surface area contributed by atoms with E-state index >= 15 is 0 Å². The van der Waals surface area contributed by atoms with Gasteiger partial charge in [0, 0.05) is 36.9 Å². The Kier molecular flexibility index (Phi) is 3.87. The van der Waals surface area contributed by atoms with Gasteiger partial charge in [-0.2, -0.15) is 0 Å². The van der Waals surface area contributed by atoms with Gasteiger partial charge in [-0.25, -0.2) is 9.97 Å². The number of hydrogen-bond acceptors (Lipinski definition) is 5. The quantitative estimate of drug-likeness (QED) is 0.767. The molecular weight excluding hydrogens is 292 g/mol. The molecule has 7 nitrogen and oxygen atoms in total. The highest BCUT2D eigenvalue weighted by Crippen LogP contribution is 2.25. The molecule has 0 radical (unpaired) electrons. The molecule has 4 heterocycles. The van der Waals surface area contributed by atoms with E-state index in [0.29, 0.717) is 6.61 Å². The fourth-order valence-electron chi connectivity index (χ4n) is 2.83. The molecule has 0 aliphatic carbocycles. The van der Waals surface area contributed by atoms with Gasteiger partial charge in [0.1, 0.15) is 11.6 Å². The van der Waals surface area contributed by atoms with Gasteiger partial charge in [0.25, 0.3) is 0 Å². The van der Waals surface area contributed by atoms with E-state index < -0.39 is 0 Å². The summed E-state index contributed by atoms with van der Waals surface area (Å²) in [6.45, 7) is 2.96. The average Bonchev–Trinajstić information content (AvgIpc) is 3.28. The van der Waals surface area contributed by atoms with E-state index in [1.807, 2.05) is 30.7 Å². The molecule has 3 aromatic rings. The smallest absolute Gasteiger partial charge is 0.126 e. The van der Waals surface area contributed by atoms with Crippen LogP contribution in [-0.4, -0.2) is 49.6 Å². The topological polar surface area (TPSA) is 82.7 Å². The fourth-order valence-corrected chi connectivity index (χ4v) is 2.83. The lowest BCUT2D eigenvalue weighted by Gasteiger charge is -2.33. The number of ether oxygens (including phenoxy) is 1. The van der Waals surface area contributed by atoms with Crippen LogP contribution < -0.4 is 0 Å². The molecule has 0 bridgehead atoms. The summed E-state index contributed by atoms with van der Waals surface area (Å²) in [6.07, 6.45) is 9.07. The molecule has 4 rings (SSSR count). The number of nitrogens with zero attached hydrogens (tertiary/aromatic N) is 4. The number of morpholine rings is 1. The van der Waals surface area contributed by atoms with Crippen LogP contribution in [0.5, 0.6) is 0 Å². The fraction of sp³-hybridized carbons (Fsp3) is 0.312. The van der Waals surface area contributed by atoms with Crippen molar-refractivity contribution in [3.05, 3.63) is 54.8 Å². The van der Waals surface area contributed by atoms with Crippen LogP contribution in [0.2, 0.25) is 0 Å². The normalized spacial score (nSPS) is 19.0. The summed E-state index contributed by atoms with van der Waals surface area (Å²) < 4.78 is 5.66. The first-order valence-corrected chi connectivity index (χ1v) is 7.65. The third-order valence-corrected chi connectivity index (χ3v) is 4.03. The van der Waals surface area contributed by atoms with Crippen molar-refractivity contribution in [2.24, 2.45) is 0 Å². The van der Waals surface area contributed by atoms with Crippen molar-refractivity contribution in [1.82, 2.24) is 29.8 Å². The van der Waals surface area contributed by atoms with Crippen molar-refractivity contribution >= 4 is 0 Å². The molecular formula is C16H18N6O. The molecule has 1 fully saturated rings. The molecule has 23 heavy (non-hydrogen) atoms. The molecule has 0 amide bonds. The molecule has 2 N–H and O–H groups in total. The Morgan fingerprint density at radius 2 is 2.26 bits per heavy atom. The van der Waals surface area contributed by atoms with Gasteiger partial charge < -0.3 is 14.7 Å². The van der Waals surface area contributed by atoms with Crippen LogP contribution in [0.25, 0.3) is 11.3 Å². The van der Waals surface area contributed by atoms with Crippen molar-refractivity contribution in [2.45, 2.75) is 12.6 Å². The maximum absolute atomic E-state index is 5.66. The van der Waals surface area contributed by atoms with E-state index in [4.69, 9.17) is 4.74 Å². The highest BCUT2D eigenvalue weighted by molar-refractivity contribution is 5.56. The van der Waals surface area contributed by atoms with Gasteiger partial charge in [-0.15, -0.1) is 0 Å². The third kappa shape index (κ3) is 3.01. The molecule has 0 aromatic carbocycles. The second-order valence-corrected chi connectivity index (χ2v) is 5.52. The van der Waals surface area contributed by atoms with Crippen molar-refractivity contribution < 1.29 is 4.74 Å². The Balaban J connectivity index is 1.56. The zero-order valence-corrected chi connectivity index (χ0v) is 12.6. The molecule has 118 valence electrons. The van der Waals surface area contributed by atoms with E-state index in [1.165, 1.54) is 0 Å². The molecule has 7 heteroatoms. The van der Waals surface area contributed by atoms with E-state index in [1.54, 1.807) is 12.4 Å². The summed E-state index contributed by atoms with van der Waals surface area (Å²) in [5.74, 6) is 1.87. The Bertz CT molecular complexity index is 739. The molecule has 1 saturated heterocycles. The minimum atomic E-state index is 0.0965. The van der Waals surface area contributed by atoms with Gasteiger partial charge in [-0.3, -0.25) is 9.88 Å². The molecule has 3 aromatic heterocycles. The highest BCUT2D eigenvalue weighted by atomic mass is 16.5. The average molecular weight is 310 g/mol. The van der Waals surface area contributed by atoms with Crippen LogP contribution in [0.4, 0.5) is 0 Å². The van der Waals surface area contributed by atoms with E-state index in [9.17, 15) is 0 Å². The molecule has 1 atom stereocenters. The maximum Gasteiger partial charge on any atom is 0.126 e. The Hall–Kier alpha value is -2.51. The summed E-state index contributed by atoms with van der Waals surface area (Å²) in [4.78, 5) is 21.9. The first-order valence-electron chi connectivity index (χ1n) is 7.65. The lowest BCUT2D eigenvalue weighted by atomic mass is 10.2. The van der Waals surface area contributed by atoms with E-state index in [-0.39, 0.29) is 6.04 Å². The number of imidazole rings is 2. The van der Waals surface area contributed by atoms with E-state index in [2.05, 4.69) is 29.8 Å². The summed E-state index contributed by atoms with van der Waals surface area (Å²) in [5.41, 5.74) is 2.00. The molecule has 1 aliphatic rings. The standard InChI is InChI=1S/C16H18N6O/c1-2-12(8-17-3-1)13-9-20-16(21-13)14-11-23-7-6-22(14)10-15-18-4-5-19-15/h1-5,8-9,14H,6-7,10-11H2,(H,18,19)(H,20,21)/t14-/m0/s1. The van der Waals surface area contributed by atoms with E-state index in [0.717, 1.165) is 42.6 Å². The highest BCUT2D eigenvalue weighted by Gasteiger charge is 2.27. The second kappa shape index (κ2) is 6.31. The van der Waals surface area contributed by atoms with Gasteiger partial charge >= 0.3 is 0 Å². The number of hydrogen-bond donors (Lipinski definition) is 2. The van der Waals surface area contributed by atoms with Gasteiger partial charge in [-0.1, -0.05) is 0 Å². The summed E-state index contributed by atoms with van der Waals surface area (Å²) in [6, 6.07) is 4.03. The SMILES string of the molecule is c1cncc(-c2cnc([C@@H]3COCCN3Cc3ncc[nH]3)[nH]2)c1. The van der Waals surface area contributed by atoms with Gasteiger partial charge in [0.15, 0.2) is 0 Å². The monoisotopic (exact) mass is 310 g/mol. The number of rotatable bonds is 4. The number of aromatic amines is 2. The van der Waals surface area contributed by atoms with Crippen LogP contribution in [0.1, 0.15) is 17.7 Å². The first-order chi connectivity index (χ1) is 11.4. The lowest BCUT2D eigenvalue weighted by molar-refractivity contribution is -0.0166. The third-order valence-electron chi connectivity index (χ3n) is 4.03. The number of pyridine rings is 1. The minimum Gasteiger partial charge on any atom is -0.378 e. The van der Waals surface area contributed by atoms with Gasteiger partial charge in [0.05, 0.1) is 37.7 Å². The number of aromatic nitrogens is 5. The first kappa shape index (κ1) is 14.1. The summed E-state index contributed by atoms with van der Waals surface area (Å²) in [5, 5.41) is 0. The van der Waals surface area contributed by atoms with Crippen LogP contribution in [0.15, 0.2) is 43.1 Å². The van der Waals surface area contributed by atoms with Crippen LogP contribution in [0, 0.1) is 0 Å². The molecule has 0 spiro atoms. The zero-order valence-electron chi connectivity index (χ0n) is 12.6. The van der Waals surface area contributed by atoms with Crippen molar-refractivity contribution in [3.8, 4) is 11.3 Å². The molecule has 1 aliphatic heterocycles. The molecule has 0 saturated carbocycles. The molecule has 0 unspecified atom stereocenters. The summed E-state index contributed by atoms with van der Waals surface area (Å²) >= 11 is 0. The van der Waals surface area contributed by atoms with Gasteiger partial charge in [-0.05, 0) is 12.1 Å². The van der Waals surface area contributed by atoms with Crippen LogP contribution >= 0.6 is 0 Å². The van der Waals surface area contributed by atoms with Crippen LogP contribution in [0.3, 0.4) is 0 Å². The van der Waals surface area contributed by atoms with Crippen LogP contribution in [-0.2, 0) is 11.3 Å². The van der Waals surface area contributed by atoms with Crippen molar-refractivity contribution in [1.29, 1.82) is 0 Å². The Morgan fingerprint density at radius 1 is 1.26 bits per heavy atom. The van der Waals surface area contributed by atoms with Gasteiger partial charge in [0.2, 0.25) is 0 Å². The predicted molar refractivity (Wildman–Crippen MR) is 84.4 cm³/mol. The van der Waals surface area contributed by atoms with Crippen molar-refractivity contribution in [2.75, 3.05) is 19.8 Å². The Morgan fingerprint density at radius 3 is 3.09 bits per heavy atom. The second-order valence-electron chi connectivity index (χ2n) is 5.52. The Labute approximate surface area is 133 Å². The number of H-pyrrole nitrogens is 2. The number of nitrogens with one attached hydrogen (secondary N) is 2. The zero-order chi connectivity index (χ0) is 15.5. The predicted octanol–water partition coefficient (Wildman–Crippen LogP) is 1.77. The largest absolute Gasteiger partial charge is 0.378 e. The lowest BCUT2D eigenvalue weighted by Crippen LogP contribution is -2.39. The maximum atomic E-state index is 5.66. The van der Waals surface area contributed by atoms with Crippen molar-refractivity contribution in [3.63, 3.8) is 0 Å². The minimum absolute atomic E-state index is 0.0965. The summed E-state index contributed by atoms with van der Waals surface area (Å²) in [7, 11) is 0.